The number of rotatable bonds is 7. The van der Waals surface area contributed by atoms with E-state index in [2.05, 4.69) is 40.7 Å². The number of para-hydroxylation sites is 1. The van der Waals surface area contributed by atoms with E-state index in [9.17, 15) is 9.59 Å². The molecule has 6 heteroatoms. The number of thiophene rings is 1. The molecule has 2 amide bonds. The van der Waals surface area contributed by atoms with E-state index in [4.69, 9.17) is 0 Å². The first-order chi connectivity index (χ1) is 12.6. The highest BCUT2D eigenvalue weighted by Crippen LogP contribution is 2.22. The molecule has 0 spiro atoms. The monoisotopic (exact) mass is 369 g/mol. The minimum Gasteiger partial charge on any atom is -0.361 e. The second kappa shape index (κ2) is 8.19. The summed E-state index contributed by atoms with van der Waals surface area (Å²) in [5, 5.41) is 8.67. The van der Waals surface area contributed by atoms with Gasteiger partial charge in [0, 0.05) is 23.6 Å². The summed E-state index contributed by atoms with van der Waals surface area (Å²) in [5.74, 6) is -0.393. The van der Waals surface area contributed by atoms with Crippen molar-refractivity contribution >= 4 is 34.1 Å². The fraction of sp³-hybridized carbons (Fsp3) is 0.300. The van der Waals surface area contributed by atoms with Gasteiger partial charge in [-0.25, -0.2) is 0 Å². The summed E-state index contributed by atoms with van der Waals surface area (Å²) in [6, 6.07) is 9.29. The predicted octanol–water partition coefficient (Wildman–Crippen LogP) is 3.27. The molecular formula is C20H23N3O2S. The summed E-state index contributed by atoms with van der Waals surface area (Å²) in [7, 11) is 0. The summed E-state index contributed by atoms with van der Waals surface area (Å²) >= 11 is 1.36. The van der Waals surface area contributed by atoms with Crippen molar-refractivity contribution in [2.75, 3.05) is 6.54 Å². The van der Waals surface area contributed by atoms with Crippen molar-refractivity contribution in [3.63, 3.8) is 0 Å². The number of amides is 2. The van der Waals surface area contributed by atoms with Gasteiger partial charge in [-0.1, -0.05) is 31.2 Å². The van der Waals surface area contributed by atoms with Gasteiger partial charge in [-0.05, 0) is 42.3 Å². The van der Waals surface area contributed by atoms with E-state index in [0.717, 1.165) is 12.8 Å². The Morgan fingerprint density at radius 3 is 2.77 bits per heavy atom. The zero-order valence-electron chi connectivity index (χ0n) is 15.0. The van der Waals surface area contributed by atoms with E-state index in [1.165, 1.54) is 33.4 Å². The zero-order chi connectivity index (χ0) is 18.5. The molecule has 0 aliphatic carbocycles. The molecule has 3 N–H and O–H groups in total. The van der Waals surface area contributed by atoms with Crippen LogP contribution in [0.15, 0.2) is 41.9 Å². The molecule has 2 aromatic heterocycles. The van der Waals surface area contributed by atoms with Gasteiger partial charge in [-0.3, -0.25) is 9.59 Å². The molecule has 2 heterocycles. The van der Waals surface area contributed by atoms with Gasteiger partial charge in [0.15, 0.2) is 0 Å². The molecule has 0 saturated heterocycles. The lowest BCUT2D eigenvalue weighted by atomic mass is 10.1. The summed E-state index contributed by atoms with van der Waals surface area (Å²) in [5.41, 5.74) is 3.65. The van der Waals surface area contributed by atoms with Crippen molar-refractivity contribution in [1.82, 2.24) is 15.6 Å². The van der Waals surface area contributed by atoms with Gasteiger partial charge in [-0.2, -0.15) is 0 Å². The summed E-state index contributed by atoms with van der Waals surface area (Å²) < 4.78 is 0. The van der Waals surface area contributed by atoms with E-state index in [0.29, 0.717) is 11.4 Å². The number of aryl methyl sites for hydroxylation is 1. The van der Waals surface area contributed by atoms with E-state index in [1.54, 1.807) is 13.0 Å². The second-order valence-corrected chi connectivity index (χ2v) is 7.17. The van der Waals surface area contributed by atoms with Crippen molar-refractivity contribution < 1.29 is 9.59 Å². The average molecular weight is 369 g/mol. The Balaban J connectivity index is 1.53. The Morgan fingerprint density at radius 2 is 2.04 bits per heavy atom. The molecule has 3 rings (SSSR count). The van der Waals surface area contributed by atoms with Crippen LogP contribution < -0.4 is 10.6 Å². The number of benzene rings is 1. The summed E-state index contributed by atoms with van der Waals surface area (Å²) in [6.07, 6.45) is 3.73. The fourth-order valence-electron chi connectivity index (χ4n) is 2.99. The molecule has 3 aromatic rings. The van der Waals surface area contributed by atoms with Crippen molar-refractivity contribution in [3.8, 4) is 0 Å². The number of fused-ring (bicyclic) bond motifs is 1. The van der Waals surface area contributed by atoms with Crippen LogP contribution >= 0.6 is 11.3 Å². The molecule has 0 radical (unpaired) electrons. The second-order valence-electron chi connectivity index (χ2n) is 6.22. The van der Waals surface area contributed by atoms with E-state index < -0.39 is 6.04 Å². The summed E-state index contributed by atoms with van der Waals surface area (Å²) in [6.45, 7) is 4.36. The molecule has 1 aromatic carbocycles. The lowest BCUT2D eigenvalue weighted by molar-refractivity contribution is -0.122. The molecule has 0 fully saturated rings. The van der Waals surface area contributed by atoms with E-state index in [1.807, 2.05) is 17.6 Å². The molecule has 0 saturated carbocycles. The van der Waals surface area contributed by atoms with Crippen LogP contribution in [0, 0.1) is 0 Å². The van der Waals surface area contributed by atoms with Crippen molar-refractivity contribution in [2.24, 2.45) is 0 Å². The Kier molecular flexibility index (Phi) is 5.73. The third kappa shape index (κ3) is 3.96. The van der Waals surface area contributed by atoms with Crippen LogP contribution in [0.3, 0.4) is 0 Å². The fourth-order valence-corrected chi connectivity index (χ4v) is 3.62. The molecule has 136 valence electrons. The van der Waals surface area contributed by atoms with E-state index in [-0.39, 0.29) is 11.8 Å². The van der Waals surface area contributed by atoms with Crippen LogP contribution in [0.2, 0.25) is 0 Å². The Morgan fingerprint density at radius 1 is 1.19 bits per heavy atom. The van der Waals surface area contributed by atoms with Gasteiger partial charge in [0.25, 0.3) is 5.91 Å². The highest BCUT2D eigenvalue weighted by molar-refractivity contribution is 7.12. The van der Waals surface area contributed by atoms with Crippen LogP contribution in [-0.4, -0.2) is 29.4 Å². The number of hydrogen-bond acceptors (Lipinski definition) is 3. The van der Waals surface area contributed by atoms with Crippen molar-refractivity contribution in [2.45, 2.75) is 32.7 Å². The normalized spacial score (nSPS) is 12.1. The Labute approximate surface area is 156 Å². The lowest BCUT2D eigenvalue weighted by Crippen LogP contribution is -2.45. The zero-order valence-corrected chi connectivity index (χ0v) is 15.8. The molecule has 1 atom stereocenters. The minimum absolute atomic E-state index is 0.177. The number of aromatic nitrogens is 1. The molecular weight excluding hydrogens is 346 g/mol. The SMILES string of the molecule is CCc1cccc2c(CCNC(=O)C(C)NC(=O)c3cccs3)c[nH]c12. The van der Waals surface area contributed by atoms with Gasteiger partial charge < -0.3 is 15.6 Å². The predicted molar refractivity (Wildman–Crippen MR) is 106 cm³/mol. The average Bonchev–Trinajstić information content (AvgIpc) is 3.31. The minimum atomic E-state index is -0.570. The van der Waals surface area contributed by atoms with Crippen LogP contribution in [0.25, 0.3) is 10.9 Å². The van der Waals surface area contributed by atoms with Crippen LogP contribution in [0.1, 0.15) is 34.6 Å². The molecule has 5 nitrogen and oxygen atoms in total. The largest absolute Gasteiger partial charge is 0.361 e. The van der Waals surface area contributed by atoms with Gasteiger partial charge in [0.2, 0.25) is 5.91 Å². The molecule has 1 unspecified atom stereocenters. The highest BCUT2D eigenvalue weighted by atomic mass is 32.1. The first-order valence-electron chi connectivity index (χ1n) is 8.80. The quantitative estimate of drug-likeness (QED) is 0.598. The lowest BCUT2D eigenvalue weighted by Gasteiger charge is -2.13. The first-order valence-corrected chi connectivity index (χ1v) is 9.68. The van der Waals surface area contributed by atoms with Gasteiger partial charge in [-0.15, -0.1) is 11.3 Å². The van der Waals surface area contributed by atoms with Gasteiger partial charge >= 0.3 is 0 Å². The maximum Gasteiger partial charge on any atom is 0.261 e. The topological polar surface area (TPSA) is 74.0 Å². The standard InChI is InChI=1S/C20H23N3O2S/c1-3-14-6-4-7-16-15(12-22-18(14)16)9-10-21-19(24)13(2)23-20(25)17-8-5-11-26-17/h4-8,11-13,22H,3,9-10H2,1-2H3,(H,21,24)(H,23,25). The van der Waals surface area contributed by atoms with Gasteiger partial charge in [0.05, 0.1) is 4.88 Å². The number of carbonyl (C=O) groups excluding carboxylic acids is 2. The smallest absolute Gasteiger partial charge is 0.261 e. The van der Waals surface area contributed by atoms with Gasteiger partial charge in [0.1, 0.15) is 6.04 Å². The van der Waals surface area contributed by atoms with Crippen molar-refractivity contribution in [3.05, 3.63) is 57.9 Å². The van der Waals surface area contributed by atoms with Crippen LogP contribution in [0.4, 0.5) is 0 Å². The summed E-state index contributed by atoms with van der Waals surface area (Å²) in [4.78, 5) is 28.2. The molecule has 0 aliphatic heterocycles. The first kappa shape index (κ1) is 18.2. The third-order valence-electron chi connectivity index (χ3n) is 4.45. The van der Waals surface area contributed by atoms with Crippen LogP contribution in [-0.2, 0) is 17.6 Å². The number of carbonyl (C=O) groups is 2. The number of nitrogens with one attached hydrogen (secondary N) is 3. The van der Waals surface area contributed by atoms with Crippen LogP contribution in [0.5, 0.6) is 0 Å². The van der Waals surface area contributed by atoms with Crippen molar-refractivity contribution in [1.29, 1.82) is 0 Å². The Hall–Kier alpha value is -2.60. The third-order valence-corrected chi connectivity index (χ3v) is 5.32. The number of H-pyrrole nitrogens is 1. The maximum atomic E-state index is 12.2. The number of hydrogen-bond donors (Lipinski definition) is 3. The Bertz CT molecular complexity index is 899. The van der Waals surface area contributed by atoms with E-state index >= 15 is 0 Å². The highest BCUT2D eigenvalue weighted by Gasteiger charge is 2.17. The molecule has 0 aliphatic rings. The number of aromatic amines is 1. The molecule has 0 bridgehead atoms. The molecule has 26 heavy (non-hydrogen) atoms. The maximum absolute atomic E-state index is 12.2.